The van der Waals surface area contributed by atoms with Crippen LogP contribution in [0.2, 0.25) is 0 Å². The maximum absolute atomic E-state index is 10.1. The number of hydrogen-bond donors (Lipinski definition) is 1. The van der Waals surface area contributed by atoms with Gasteiger partial charge in [0.2, 0.25) is 5.89 Å². The van der Waals surface area contributed by atoms with Crippen LogP contribution in [0.15, 0.2) is 34.9 Å². The molecule has 0 saturated carbocycles. The third kappa shape index (κ3) is 3.05. The van der Waals surface area contributed by atoms with Crippen LogP contribution in [0.3, 0.4) is 0 Å². The van der Waals surface area contributed by atoms with Gasteiger partial charge in [-0.1, -0.05) is 42.4 Å². The van der Waals surface area contributed by atoms with Crippen LogP contribution in [0.25, 0.3) is 0 Å². The van der Waals surface area contributed by atoms with Crippen LogP contribution in [0.5, 0.6) is 0 Å². The minimum atomic E-state index is -0.214. The lowest BCUT2D eigenvalue weighted by Crippen LogP contribution is -2.48. The number of benzene rings is 1. The van der Waals surface area contributed by atoms with Crippen molar-refractivity contribution in [2.45, 2.75) is 44.7 Å². The largest absolute Gasteiger partial charge is 0.394 e. The van der Waals surface area contributed by atoms with Gasteiger partial charge in [0.1, 0.15) is 0 Å². The second kappa shape index (κ2) is 6.58. The fourth-order valence-electron chi connectivity index (χ4n) is 3.32. The first kappa shape index (κ1) is 15.2. The van der Waals surface area contributed by atoms with E-state index in [9.17, 15) is 5.11 Å². The summed E-state index contributed by atoms with van der Waals surface area (Å²) < 4.78 is 5.19. The molecule has 2 heterocycles. The summed E-state index contributed by atoms with van der Waals surface area (Å²) in [4.78, 5) is 6.71. The summed E-state index contributed by atoms with van der Waals surface area (Å²) in [5.74, 6) is 1.39. The highest BCUT2D eigenvalue weighted by Crippen LogP contribution is 2.33. The zero-order chi connectivity index (χ0) is 15.4. The molecule has 3 rings (SSSR count). The Balaban J connectivity index is 1.76. The van der Waals surface area contributed by atoms with Gasteiger partial charge in [0, 0.05) is 12.0 Å². The van der Waals surface area contributed by atoms with E-state index in [1.165, 1.54) is 5.56 Å². The third-order valence-electron chi connectivity index (χ3n) is 4.56. The number of likely N-dealkylation sites (tertiary alicyclic amines) is 1. The molecule has 22 heavy (non-hydrogen) atoms. The summed E-state index contributed by atoms with van der Waals surface area (Å²) in [5, 5.41) is 14.1. The van der Waals surface area contributed by atoms with Crippen molar-refractivity contribution >= 4 is 0 Å². The maximum atomic E-state index is 10.1. The standard InChI is InChI=1S/C17H23N3O2/c1-2-16-18-15(19-22-16)12-20-10-6-9-17(20,13-21)11-14-7-4-3-5-8-14/h3-5,7-8,21H,2,6,9-13H2,1H3. The van der Waals surface area contributed by atoms with E-state index in [-0.39, 0.29) is 12.1 Å². The van der Waals surface area contributed by atoms with Gasteiger partial charge in [-0.3, -0.25) is 4.90 Å². The molecule has 0 radical (unpaired) electrons. The third-order valence-corrected chi connectivity index (χ3v) is 4.56. The molecule has 1 fully saturated rings. The second-order valence-corrected chi connectivity index (χ2v) is 6.03. The number of aliphatic hydroxyl groups excluding tert-OH is 1. The Morgan fingerprint density at radius 1 is 1.32 bits per heavy atom. The first-order valence-electron chi connectivity index (χ1n) is 7.97. The minimum Gasteiger partial charge on any atom is -0.394 e. The van der Waals surface area contributed by atoms with Crippen LogP contribution in [-0.4, -0.2) is 38.8 Å². The van der Waals surface area contributed by atoms with Gasteiger partial charge in [-0.15, -0.1) is 0 Å². The molecular weight excluding hydrogens is 278 g/mol. The van der Waals surface area contributed by atoms with Gasteiger partial charge in [-0.25, -0.2) is 0 Å². The molecule has 1 saturated heterocycles. The van der Waals surface area contributed by atoms with E-state index in [0.717, 1.165) is 32.2 Å². The van der Waals surface area contributed by atoms with Gasteiger partial charge in [0.15, 0.2) is 5.82 Å². The Kier molecular flexibility index (Phi) is 4.55. The van der Waals surface area contributed by atoms with Gasteiger partial charge < -0.3 is 9.63 Å². The van der Waals surface area contributed by atoms with E-state index in [1.54, 1.807) is 0 Å². The van der Waals surface area contributed by atoms with E-state index in [2.05, 4.69) is 27.2 Å². The van der Waals surface area contributed by atoms with Crippen molar-refractivity contribution in [3.63, 3.8) is 0 Å². The molecule has 1 aromatic heterocycles. The van der Waals surface area contributed by atoms with Gasteiger partial charge in [-0.05, 0) is 31.4 Å². The summed E-state index contributed by atoms with van der Waals surface area (Å²) in [6, 6.07) is 10.4. The highest BCUT2D eigenvalue weighted by atomic mass is 16.5. The van der Waals surface area contributed by atoms with Gasteiger partial charge >= 0.3 is 0 Å². The van der Waals surface area contributed by atoms with Crippen LogP contribution in [0.4, 0.5) is 0 Å². The van der Waals surface area contributed by atoms with Crippen LogP contribution in [0, 0.1) is 0 Å². The first-order chi connectivity index (χ1) is 10.8. The zero-order valence-corrected chi connectivity index (χ0v) is 13.0. The smallest absolute Gasteiger partial charge is 0.226 e. The molecule has 5 heteroatoms. The Labute approximate surface area is 131 Å². The predicted molar refractivity (Wildman–Crippen MR) is 83.3 cm³/mol. The number of aryl methyl sites for hydroxylation is 1. The molecule has 0 bridgehead atoms. The fourth-order valence-corrected chi connectivity index (χ4v) is 3.32. The van der Waals surface area contributed by atoms with Crippen molar-refractivity contribution in [2.75, 3.05) is 13.2 Å². The fraction of sp³-hybridized carbons (Fsp3) is 0.529. The van der Waals surface area contributed by atoms with Crippen molar-refractivity contribution in [1.82, 2.24) is 15.0 Å². The Morgan fingerprint density at radius 3 is 2.82 bits per heavy atom. The highest BCUT2D eigenvalue weighted by molar-refractivity contribution is 5.19. The molecule has 118 valence electrons. The molecule has 1 aliphatic rings. The van der Waals surface area contributed by atoms with Crippen LogP contribution >= 0.6 is 0 Å². The summed E-state index contributed by atoms with van der Waals surface area (Å²) in [5.41, 5.74) is 1.04. The molecule has 1 unspecified atom stereocenters. The monoisotopic (exact) mass is 301 g/mol. The van der Waals surface area contributed by atoms with E-state index < -0.39 is 0 Å². The lowest BCUT2D eigenvalue weighted by Gasteiger charge is -2.36. The quantitative estimate of drug-likeness (QED) is 0.886. The lowest BCUT2D eigenvalue weighted by atomic mass is 9.89. The molecule has 1 atom stereocenters. The van der Waals surface area contributed by atoms with Crippen molar-refractivity contribution in [2.24, 2.45) is 0 Å². The normalized spacial score (nSPS) is 22.3. The topological polar surface area (TPSA) is 62.4 Å². The highest BCUT2D eigenvalue weighted by Gasteiger charge is 2.40. The zero-order valence-electron chi connectivity index (χ0n) is 13.0. The second-order valence-electron chi connectivity index (χ2n) is 6.03. The number of aromatic nitrogens is 2. The maximum Gasteiger partial charge on any atom is 0.226 e. The Bertz CT molecular complexity index is 599. The number of rotatable bonds is 6. The Morgan fingerprint density at radius 2 is 2.14 bits per heavy atom. The molecule has 1 N–H and O–H groups in total. The van der Waals surface area contributed by atoms with Gasteiger partial charge in [0.05, 0.1) is 13.2 Å². The molecular formula is C17H23N3O2. The van der Waals surface area contributed by atoms with Crippen LogP contribution in [0.1, 0.15) is 37.0 Å². The number of hydrogen-bond acceptors (Lipinski definition) is 5. The van der Waals surface area contributed by atoms with Crippen molar-refractivity contribution in [3.8, 4) is 0 Å². The van der Waals surface area contributed by atoms with Crippen molar-refractivity contribution in [1.29, 1.82) is 0 Å². The average Bonchev–Trinajstić information content (AvgIpc) is 3.17. The molecule has 2 aromatic rings. The molecule has 0 aliphatic carbocycles. The lowest BCUT2D eigenvalue weighted by molar-refractivity contribution is 0.0558. The molecule has 0 spiro atoms. The van der Waals surface area contributed by atoms with E-state index in [4.69, 9.17) is 4.52 Å². The summed E-state index contributed by atoms with van der Waals surface area (Å²) in [6.45, 7) is 3.75. The molecule has 5 nitrogen and oxygen atoms in total. The van der Waals surface area contributed by atoms with E-state index in [0.29, 0.717) is 18.3 Å². The van der Waals surface area contributed by atoms with Gasteiger partial charge in [0.25, 0.3) is 0 Å². The SMILES string of the molecule is CCc1nc(CN2CCCC2(CO)Cc2ccccc2)no1. The molecule has 1 aliphatic heterocycles. The predicted octanol–water partition coefficient (Wildman–Crippen LogP) is 2.20. The summed E-state index contributed by atoms with van der Waals surface area (Å²) in [6.07, 6.45) is 3.69. The van der Waals surface area contributed by atoms with Crippen LogP contribution in [-0.2, 0) is 19.4 Å². The van der Waals surface area contributed by atoms with E-state index >= 15 is 0 Å². The Hall–Kier alpha value is -1.72. The minimum absolute atomic E-state index is 0.153. The van der Waals surface area contributed by atoms with Crippen LogP contribution < -0.4 is 0 Å². The van der Waals surface area contributed by atoms with Crippen molar-refractivity contribution in [3.05, 3.63) is 47.6 Å². The number of nitrogens with zero attached hydrogens (tertiary/aromatic N) is 3. The average molecular weight is 301 g/mol. The van der Waals surface area contributed by atoms with E-state index in [1.807, 2.05) is 25.1 Å². The summed E-state index contributed by atoms with van der Waals surface area (Å²) in [7, 11) is 0. The molecule has 0 amide bonds. The van der Waals surface area contributed by atoms with Crippen molar-refractivity contribution < 1.29 is 9.63 Å². The molecule has 1 aromatic carbocycles. The van der Waals surface area contributed by atoms with Gasteiger partial charge in [-0.2, -0.15) is 4.98 Å². The number of aliphatic hydroxyl groups is 1. The first-order valence-corrected chi connectivity index (χ1v) is 7.97. The summed E-state index contributed by atoms with van der Waals surface area (Å²) >= 11 is 0.